The van der Waals surface area contributed by atoms with Gasteiger partial charge in [-0.1, -0.05) is 50.6 Å². The summed E-state index contributed by atoms with van der Waals surface area (Å²) in [6, 6.07) is 13.0. The van der Waals surface area contributed by atoms with Crippen LogP contribution in [0.25, 0.3) is 0 Å². The summed E-state index contributed by atoms with van der Waals surface area (Å²) in [5.74, 6) is 0.257. The molecule has 0 saturated heterocycles. The number of aryl methyl sites for hydroxylation is 1. The van der Waals surface area contributed by atoms with Crippen LogP contribution in [-0.4, -0.2) is 42.8 Å². The maximum Gasteiger partial charge on any atom is 0.303 e. The number of benzene rings is 2. The molecule has 42 heavy (non-hydrogen) atoms. The number of rotatable bonds is 7. The number of carbonyl (C=O) groups is 1. The molecule has 0 bridgehead atoms. The molecule has 0 fully saturated rings. The van der Waals surface area contributed by atoms with Crippen LogP contribution in [-0.2, 0) is 31.5 Å². The summed E-state index contributed by atoms with van der Waals surface area (Å²) in [4.78, 5) is 12.9. The minimum atomic E-state index is -4.36. The van der Waals surface area contributed by atoms with Gasteiger partial charge in [-0.2, -0.15) is 8.42 Å². The third-order valence-electron chi connectivity index (χ3n) is 9.27. The third kappa shape index (κ3) is 5.18. The second-order valence-corrected chi connectivity index (χ2v) is 13.4. The number of carboxylic acids is 1. The fourth-order valence-electron chi connectivity index (χ4n) is 6.99. The van der Waals surface area contributed by atoms with E-state index in [2.05, 4.69) is 37.3 Å². The van der Waals surface area contributed by atoms with Crippen molar-refractivity contribution in [3.63, 3.8) is 0 Å². The summed E-state index contributed by atoms with van der Waals surface area (Å²) in [5, 5.41) is 9.09. The molecule has 8 nitrogen and oxygen atoms in total. The molecule has 0 spiro atoms. The molecular weight excluding hydrogens is 554 g/mol. The molecule has 0 aromatic heterocycles. The van der Waals surface area contributed by atoms with E-state index in [1.807, 2.05) is 4.90 Å². The van der Waals surface area contributed by atoms with E-state index in [4.69, 9.17) is 21.2 Å². The average molecular weight is 592 g/mol. The third-order valence-corrected chi connectivity index (χ3v) is 10.1. The predicted octanol–water partition coefficient (Wildman–Crippen LogP) is 6.33. The molecule has 6 rings (SSSR count). The van der Waals surface area contributed by atoms with Gasteiger partial charge < -0.3 is 19.5 Å². The lowest BCUT2D eigenvalue weighted by Gasteiger charge is -2.41. The first-order valence-corrected chi connectivity index (χ1v) is 16.2. The quantitative estimate of drug-likeness (QED) is 0.284. The first kappa shape index (κ1) is 28.7. The highest BCUT2D eigenvalue weighted by Crippen LogP contribution is 2.50. The Hall–Kier alpha value is -3.40. The maximum atomic E-state index is 11.8. The van der Waals surface area contributed by atoms with Crippen LogP contribution in [0, 0.1) is 0 Å². The van der Waals surface area contributed by atoms with E-state index in [0.29, 0.717) is 24.6 Å². The van der Waals surface area contributed by atoms with E-state index in [9.17, 15) is 17.8 Å². The maximum absolute atomic E-state index is 11.8. The summed E-state index contributed by atoms with van der Waals surface area (Å²) in [7, 11) is -4.36. The van der Waals surface area contributed by atoms with E-state index in [-0.39, 0.29) is 28.9 Å². The number of fused-ring (bicyclic) bond motifs is 6. The van der Waals surface area contributed by atoms with Gasteiger partial charge in [0.1, 0.15) is 0 Å². The largest absolute Gasteiger partial charge is 0.481 e. The lowest BCUT2D eigenvalue weighted by molar-refractivity contribution is -0.137. The van der Waals surface area contributed by atoms with E-state index < -0.39 is 16.1 Å². The van der Waals surface area contributed by atoms with Crippen molar-refractivity contribution in [2.45, 2.75) is 87.2 Å². The summed E-state index contributed by atoms with van der Waals surface area (Å²) >= 11 is 0. The normalized spacial score (nSPS) is 25.0. The van der Waals surface area contributed by atoms with Crippen LogP contribution in [0.5, 0.6) is 5.75 Å². The molecule has 0 amide bonds. The monoisotopic (exact) mass is 591 g/mol. The van der Waals surface area contributed by atoms with Gasteiger partial charge in [0.2, 0.25) is 5.88 Å². The summed E-state index contributed by atoms with van der Waals surface area (Å²) in [5.41, 5.74) is 5.95. The standard InChI is InChI=1S/C33H37NO7S/c1-21-24-20-25-29(16-18-34-27-15-14-23(42(37,38)39)19-30(27)41-32(25)34)40-28(24)12-8-10-22-9-5-6-11-26(22)33(21,2)17-7-3-4-13-31(35)36/h5-6,9,11,14-15,19-20,28-29H,1,3-4,7-8,10,12-13,16-18H2,2H3,(H,35,36)(H,37,38,39). The summed E-state index contributed by atoms with van der Waals surface area (Å²) in [6.07, 6.45) is 8.88. The Morgan fingerprint density at radius 3 is 2.71 bits per heavy atom. The molecule has 0 radical (unpaired) electrons. The van der Waals surface area contributed by atoms with Crippen molar-refractivity contribution in [2.75, 3.05) is 11.4 Å². The van der Waals surface area contributed by atoms with E-state index in [1.54, 1.807) is 6.07 Å². The highest BCUT2D eigenvalue weighted by molar-refractivity contribution is 7.85. The van der Waals surface area contributed by atoms with Gasteiger partial charge in [-0.3, -0.25) is 9.35 Å². The lowest BCUT2D eigenvalue weighted by atomic mass is 9.68. The summed E-state index contributed by atoms with van der Waals surface area (Å²) in [6.45, 7) is 7.63. The Morgan fingerprint density at radius 1 is 1.12 bits per heavy atom. The van der Waals surface area contributed by atoms with Crippen LogP contribution in [0.4, 0.5) is 5.69 Å². The van der Waals surface area contributed by atoms with Crippen molar-refractivity contribution < 1.29 is 32.3 Å². The van der Waals surface area contributed by atoms with Crippen LogP contribution in [0.15, 0.2) is 82.6 Å². The van der Waals surface area contributed by atoms with E-state index in [1.165, 1.54) is 23.3 Å². The number of hydrogen-bond donors (Lipinski definition) is 2. The molecule has 4 aliphatic rings. The van der Waals surface area contributed by atoms with Crippen molar-refractivity contribution in [2.24, 2.45) is 0 Å². The molecule has 222 valence electrons. The first-order valence-electron chi connectivity index (χ1n) is 14.7. The van der Waals surface area contributed by atoms with Crippen LogP contribution >= 0.6 is 0 Å². The molecule has 1 aliphatic carbocycles. The van der Waals surface area contributed by atoms with Gasteiger partial charge in [-0.15, -0.1) is 0 Å². The van der Waals surface area contributed by atoms with Gasteiger partial charge in [-0.25, -0.2) is 0 Å². The lowest BCUT2D eigenvalue weighted by Crippen LogP contribution is -2.41. The number of hydrogen-bond acceptors (Lipinski definition) is 6. The molecule has 2 N–H and O–H groups in total. The number of nitrogens with zero attached hydrogens (tertiary/aromatic N) is 1. The Morgan fingerprint density at radius 2 is 1.93 bits per heavy atom. The van der Waals surface area contributed by atoms with E-state index in [0.717, 1.165) is 67.4 Å². The molecular formula is C33H37NO7S. The highest BCUT2D eigenvalue weighted by Gasteiger charge is 2.43. The molecule has 3 unspecified atom stereocenters. The number of ether oxygens (including phenoxy) is 2. The molecule has 2 aromatic carbocycles. The van der Waals surface area contributed by atoms with Gasteiger partial charge in [0.15, 0.2) is 5.75 Å². The van der Waals surface area contributed by atoms with Crippen LogP contribution in [0.3, 0.4) is 0 Å². The van der Waals surface area contributed by atoms with E-state index >= 15 is 0 Å². The van der Waals surface area contributed by atoms with Gasteiger partial charge in [0.05, 0.1) is 22.8 Å². The molecule has 3 atom stereocenters. The van der Waals surface area contributed by atoms with Crippen molar-refractivity contribution in [3.05, 3.63) is 88.8 Å². The van der Waals surface area contributed by atoms with Crippen molar-refractivity contribution >= 4 is 21.8 Å². The van der Waals surface area contributed by atoms with Crippen molar-refractivity contribution in [1.29, 1.82) is 0 Å². The second kappa shape index (κ2) is 11.0. The smallest absolute Gasteiger partial charge is 0.303 e. The Bertz CT molecular complexity index is 1610. The fourth-order valence-corrected chi connectivity index (χ4v) is 7.49. The molecule has 0 saturated carbocycles. The zero-order valence-electron chi connectivity index (χ0n) is 23.8. The first-order chi connectivity index (χ1) is 20.1. The second-order valence-electron chi connectivity index (χ2n) is 11.9. The zero-order chi connectivity index (χ0) is 29.6. The highest BCUT2D eigenvalue weighted by atomic mass is 32.2. The van der Waals surface area contributed by atoms with Gasteiger partial charge in [-0.05, 0) is 79.0 Å². The van der Waals surface area contributed by atoms with Crippen LogP contribution in [0.2, 0.25) is 0 Å². The Balaban J connectivity index is 1.39. The number of aliphatic carboxylic acids is 1. The zero-order valence-corrected chi connectivity index (χ0v) is 24.7. The number of carboxylic acid groups (broad SMARTS) is 1. The number of unbranched alkanes of at least 4 members (excludes halogenated alkanes) is 2. The molecule has 3 heterocycles. The van der Waals surface area contributed by atoms with Gasteiger partial charge in [0.25, 0.3) is 10.1 Å². The van der Waals surface area contributed by atoms with Crippen LogP contribution < -0.4 is 9.64 Å². The van der Waals surface area contributed by atoms with Gasteiger partial charge in [0, 0.05) is 30.0 Å². The van der Waals surface area contributed by atoms with Crippen LogP contribution in [0.1, 0.15) is 69.4 Å². The number of anilines is 1. The minimum Gasteiger partial charge on any atom is -0.481 e. The molecule has 2 aromatic rings. The molecule has 9 heteroatoms. The molecule has 3 aliphatic heterocycles. The predicted molar refractivity (Wildman–Crippen MR) is 159 cm³/mol. The topological polar surface area (TPSA) is 113 Å². The van der Waals surface area contributed by atoms with Gasteiger partial charge >= 0.3 is 5.97 Å². The Labute approximate surface area is 247 Å². The van der Waals surface area contributed by atoms with Crippen molar-refractivity contribution in [1.82, 2.24) is 0 Å². The minimum absolute atomic E-state index is 0.103. The fraction of sp³-hybridized carbons (Fsp3) is 0.424. The Kier molecular flexibility index (Phi) is 7.53. The SMILES string of the molecule is C=C1C2=CC3=C4Oc5cc(S(=O)(=O)O)ccc5N4CCC3OC2CCCc2ccccc2C1(C)CCCCCC(=O)O. The summed E-state index contributed by atoms with van der Waals surface area (Å²) < 4.78 is 46.1. The average Bonchev–Trinajstić information content (AvgIpc) is 3.35. The van der Waals surface area contributed by atoms with Crippen molar-refractivity contribution in [3.8, 4) is 5.75 Å².